The molecule has 2 heterocycles. The highest BCUT2D eigenvalue weighted by molar-refractivity contribution is 7.16. The van der Waals surface area contributed by atoms with Crippen molar-refractivity contribution in [2.75, 3.05) is 26.9 Å². The third kappa shape index (κ3) is 3.89. The fourth-order valence-electron chi connectivity index (χ4n) is 3.50. The van der Waals surface area contributed by atoms with Crippen molar-refractivity contribution >= 4 is 39.3 Å². The molecule has 0 fully saturated rings. The van der Waals surface area contributed by atoms with Gasteiger partial charge in [0.25, 0.3) is 17.7 Å². The van der Waals surface area contributed by atoms with Gasteiger partial charge in [0.2, 0.25) is 0 Å². The Bertz CT molecular complexity index is 1210. The van der Waals surface area contributed by atoms with Gasteiger partial charge in [0, 0.05) is 13.7 Å². The van der Waals surface area contributed by atoms with Gasteiger partial charge in [-0.15, -0.1) is 0 Å². The van der Waals surface area contributed by atoms with Crippen LogP contribution in [0.1, 0.15) is 27.6 Å². The van der Waals surface area contributed by atoms with Crippen LogP contribution in [0, 0.1) is 0 Å². The molecule has 0 radical (unpaired) electrons. The predicted molar refractivity (Wildman–Crippen MR) is 115 cm³/mol. The van der Waals surface area contributed by atoms with Gasteiger partial charge in [0.05, 0.1) is 29.0 Å². The number of carbonyl (C=O) groups is 3. The molecule has 3 aromatic rings. The molecule has 1 aliphatic heterocycles. The average molecular weight is 439 g/mol. The number of aromatic nitrogens is 1. The fraction of sp³-hybridized carbons (Fsp3) is 0.273. The molecule has 31 heavy (non-hydrogen) atoms. The zero-order chi connectivity index (χ0) is 22.0. The number of para-hydroxylation sites is 1. The monoisotopic (exact) mass is 439 g/mol. The molecule has 0 unspecified atom stereocenters. The Morgan fingerprint density at radius 2 is 1.77 bits per heavy atom. The van der Waals surface area contributed by atoms with Crippen molar-refractivity contribution in [1.82, 2.24) is 9.47 Å². The summed E-state index contributed by atoms with van der Waals surface area (Å²) in [5.41, 5.74) is 1.44. The first-order valence-electron chi connectivity index (χ1n) is 9.82. The van der Waals surface area contributed by atoms with Crippen molar-refractivity contribution in [2.45, 2.75) is 13.5 Å². The van der Waals surface area contributed by atoms with Crippen molar-refractivity contribution in [1.29, 1.82) is 0 Å². The van der Waals surface area contributed by atoms with Gasteiger partial charge in [-0.25, -0.2) is 0 Å². The molecular formula is C22H21N3O5S. The summed E-state index contributed by atoms with van der Waals surface area (Å²) < 4.78 is 13.7. The van der Waals surface area contributed by atoms with Crippen LogP contribution in [0.2, 0.25) is 0 Å². The van der Waals surface area contributed by atoms with Crippen LogP contribution in [0.15, 0.2) is 47.5 Å². The molecule has 0 bridgehead atoms. The Labute approximate surface area is 182 Å². The van der Waals surface area contributed by atoms with E-state index in [1.165, 1.54) is 11.3 Å². The smallest absolute Gasteiger partial charge is 0.268 e. The van der Waals surface area contributed by atoms with Gasteiger partial charge in [-0.2, -0.15) is 4.99 Å². The summed E-state index contributed by atoms with van der Waals surface area (Å²) in [6, 6.07) is 12.2. The lowest BCUT2D eigenvalue weighted by Crippen LogP contribution is -2.35. The second-order valence-corrected chi connectivity index (χ2v) is 7.82. The van der Waals surface area contributed by atoms with E-state index < -0.39 is 24.3 Å². The first-order chi connectivity index (χ1) is 15.0. The maximum absolute atomic E-state index is 12.7. The quantitative estimate of drug-likeness (QED) is 0.528. The van der Waals surface area contributed by atoms with Crippen LogP contribution in [-0.2, 0) is 16.1 Å². The lowest BCUT2D eigenvalue weighted by Gasteiger charge is -2.11. The fourth-order valence-corrected chi connectivity index (χ4v) is 4.60. The molecule has 0 saturated heterocycles. The van der Waals surface area contributed by atoms with E-state index >= 15 is 0 Å². The van der Waals surface area contributed by atoms with Crippen LogP contribution in [-0.4, -0.2) is 54.1 Å². The van der Waals surface area contributed by atoms with Crippen LogP contribution in [0.25, 0.3) is 10.2 Å². The first kappa shape index (κ1) is 21.0. The number of benzene rings is 2. The van der Waals surface area contributed by atoms with Gasteiger partial charge in [-0.05, 0) is 31.2 Å². The lowest BCUT2D eigenvalue weighted by atomic mass is 10.1. The van der Waals surface area contributed by atoms with Crippen LogP contribution in [0.4, 0.5) is 0 Å². The molecular weight excluding hydrogens is 418 g/mol. The Hall–Kier alpha value is -3.30. The first-order valence-corrected chi connectivity index (χ1v) is 10.6. The Morgan fingerprint density at radius 1 is 1.06 bits per heavy atom. The summed E-state index contributed by atoms with van der Waals surface area (Å²) >= 11 is 1.34. The molecule has 3 amide bonds. The van der Waals surface area contributed by atoms with Gasteiger partial charge in [-0.1, -0.05) is 29.5 Å². The van der Waals surface area contributed by atoms with E-state index in [4.69, 9.17) is 9.47 Å². The van der Waals surface area contributed by atoms with E-state index in [0.717, 1.165) is 15.1 Å². The van der Waals surface area contributed by atoms with Gasteiger partial charge in [0.15, 0.2) is 4.80 Å². The molecule has 1 aliphatic rings. The number of hydrogen-bond acceptors (Lipinski definition) is 6. The van der Waals surface area contributed by atoms with Crippen LogP contribution in [0.5, 0.6) is 5.75 Å². The van der Waals surface area contributed by atoms with Crippen molar-refractivity contribution < 1.29 is 23.9 Å². The van der Waals surface area contributed by atoms with Gasteiger partial charge >= 0.3 is 0 Å². The summed E-state index contributed by atoms with van der Waals surface area (Å²) in [6.45, 7) is 2.89. The molecule has 4 rings (SSSR count). The molecule has 0 atom stereocenters. The Kier molecular flexibility index (Phi) is 5.97. The minimum absolute atomic E-state index is 0.304. The SMILES string of the molecule is CCOc1cccc2sc(=NC(=O)CN3C(=O)c4ccccc4C3=O)n(CCOC)c12. The zero-order valence-electron chi connectivity index (χ0n) is 17.2. The Morgan fingerprint density at radius 3 is 2.42 bits per heavy atom. The number of imide groups is 1. The zero-order valence-corrected chi connectivity index (χ0v) is 18.0. The summed E-state index contributed by atoms with van der Waals surface area (Å²) in [5, 5.41) is 0. The number of ether oxygens (including phenoxy) is 2. The van der Waals surface area contributed by atoms with Gasteiger partial charge in [-0.3, -0.25) is 19.3 Å². The number of amides is 3. The number of hydrogen-bond donors (Lipinski definition) is 0. The van der Waals surface area contributed by atoms with Crippen molar-refractivity contribution in [3.05, 3.63) is 58.4 Å². The summed E-state index contributed by atoms with van der Waals surface area (Å²) in [4.78, 5) is 43.4. The highest BCUT2D eigenvalue weighted by Crippen LogP contribution is 2.28. The second-order valence-electron chi connectivity index (χ2n) is 6.81. The van der Waals surface area contributed by atoms with E-state index in [1.807, 2.05) is 29.7 Å². The number of methoxy groups -OCH3 is 1. The third-order valence-electron chi connectivity index (χ3n) is 4.87. The summed E-state index contributed by atoms with van der Waals surface area (Å²) in [5.74, 6) is -0.843. The summed E-state index contributed by atoms with van der Waals surface area (Å²) in [7, 11) is 1.60. The maximum Gasteiger partial charge on any atom is 0.268 e. The molecule has 9 heteroatoms. The van der Waals surface area contributed by atoms with E-state index in [-0.39, 0.29) is 0 Å². The Balaban J connectivity index is 1.69. The number of fused-ring (bicyclic) bond motifs is 2. The summed E-state index contributed by atoms with van der Waals surface area (Å²) in [6.07, 6.45) is 0. The van der Waals surface area contributed by atoms with Gasteiger partial charge < -0.3 is 14.0 Å². The molecule has 2 aromatic carbocycles. The van der Waals surface area contributed by atoms with Gasteiger partial charge in [0.1, 0.15) is 17.8 Å². The third-order valence-corrected chi connectivity index (χ3v) is 5.92. The van der Waals surface area contributed by atoms with E-state index in [1.54, 1.807) is 31.4 Å². The molecule has 0 saturated carbocycles. The normalized spacial score (nSPS) is 13.9. The predicted octanol–water partition coefficient (Wildman–Crippen LogP) is 2.47. The number of rotatable bonds is 7. The second kappa shape index (κ2) is 8.83. The largest absolute Gasteiger partial charge is 0.492 e. The maximum atomic E-state index is 12.7. The minimum Gasteiger partial charge on any atom is -0.492 e. The highest BCUT2D eigenvalue weighted by Gasteiger charge is 2.36. The topological polar surface area (TPSA) is 90.2 Å². The average Bonchev–Trinajstić information content (AvgIpc) is 3.23. The molecule has 0 spiro atoms. The molecule has 8 nitrogen and oxygen atoms in total. The van der Waals surface area contributed by atoms with E-state index in [9.17, 15) is 14.4 Å². The lowest BCUT2D eigenvalue weighted by molar-refractivity contribution is -0.118. The molecule has 160 valence electrons. The van der Waals surface area contributed by atoms with Crippen molar-refractivity contribution in [2.24, 2.45) is 4.99 Å². The molecule has 0 N–H and O–H groups in total. The van der Waals surface area contributed by atoms with Crippen LogP contribution >= 0.6 is 11.3 Å². The van der Waals surface area contributed by atoms with Crippen LogP contribution < -0.4 is 9.54 Å². The molecule has 1 aromatic heterocycles. The van der Waals surface area contributed by atoms with Crippen molar-refractivity contribution in [3.8, 4) is 5.75 Å². The van der Waals surface area contributed by atoms with E-state index in [0.29, 0.717) is 41.4 Å². The standard InChI is InChI=1S/C22H21N3O5S/c1-3-30-16-9-6-10-17-19(16)24(11-12-29-2)22(31-17)23-18(26)13-25-20(27)14-7-4-5-8-15(14)21(25)28/h4-10H,3,11-13H2,1-2H3. The number of thiazole rings is 1. The number of carbonyl (C=O) groups excluding carboxylic acids is 3. The molecule has 0 aliphatic carbocycles. The van der Waals surface area contributed by atoms with E-state index in [2.05, 4.69) is 4.99 Å². The number of nitrogens with zero attached hydrogens (tertiary/aromatic N) is 3. The van der Waals surface area contributed by atoms with Crippen LogP contribution in [0.3, 0.4) is 0 Å². The minimum atomic E-state index is -0.579. The highest BCUT2D eigenvalue weighted by atomic mass is 32.1. The van der Waals surface area contributed by atoms with Crippen molar-refractivity contribution in [3.63, 3.8) is 0 Å².